The van der Waals surface area contributed by atoms with E-state index in [9.17, 15) is 0 Å². The number of nitrogens with two attached hydrogens (primary N) is 1. The van der Waals surface area contributed by atoms with Gasteiger partial charge in [-0.1, -0.05) is 0 Å². The Morgan fingerprint density at radius 1 is 1.47 bits per heavy atom. The summed E-state index contributed by atoms with van der Waals surface area (Å²) < 4.78 is 6.67. The third kappa shape index (κ3) is 2.75. The second kappa shape index (κ2) is 4.86. The number of nitrogens with zero attached hydrogens (tertiary/aromatic N) is 1. The zero-order chi connectivity index (χ0) is 12.5. The van der Waals surface area contributed by atoms with Gasteiger partial charge in [-0.15, -0.1) is 0 Å². The van der Waals surface area contributed by atoms with Crippen LogP contribution in [0.25, 0.3) is 0 Å². The quantitative estimate of drug-likeness (QED) is 0.853. The predicted molar refractivity (Wildman–Crippen MR) is 75.4 cm³/mol. The Kier molecular flexibility index (Phi) is 3.64. The van der Waals surface area contributed by atoms with E-state index in [1.165, 1.54) is 5.69 Å². The number of anilines is 2. The molecule has 1 aliphatic heterocycles. The lowest BCUT2D eigenvalue weighted by atomic mass is 9.94. The average Bonchev–Trinajstić information content (AvgIpc) is 2.29. The topological polar surface area (TPSA) is 38.5 Å². The van der Waals surface area contributed by atoms with Gasteiger partial charge in [-0.05, 0) is 53.9 Å². The van der Waals surface area contributed by atoms with E-state index in [-0.39, 0.29) is 5.60 Å². The van der Waals surface area contributed by atoms with Crippen LogP contribution in [0.4, 0.5) is 11.4 Å². The summed E-state index contributed by atoms with van der Waals surface area (Å²) in [7, 11) is 1.79. The maximum atomic E-state index is 5.76. The van der Waals surface area contributed by atoms with Crippen LogP contribution < -0.4 is 10.6 Å². The fraction of sp³-hybridized carbons (Fsp3) is 0.538. The molecule has 94 valence electrons. The van der Waals surface area contributed by atoms with Crippen molar-refractivity contribution in [2.75, 3.05) is 30.8 Å². The van der Waals surface area contributed by atoms with E-state index in [0.717, 1.165) is 36.1 Å². The molecule has 1 heterocycles. The van der Waals surface area contributed by atoms with Crippen LogP contribution in [0.2, 0.25) is 0 Å². The van der Waals surface area contributed by atoms with Gasteiger partial charge in [0.05, 0.1) is 11.3 Å². The molecule has 0 bridgehead atoms. The van der Waals surface area contributed by atoms with Crippen LogP contribution in [0.1, 0.15) is 19.8 Å². The summed E-state index contributed by atoms with van der Waals surface area (Å²) in [6.07, 6.45) is 2.27. The maximum absolute atomic E-state index is 5.76. The van der Waals surface area contributed by atoms with E-state index in [1.54, 1.807) is 7.11 Å². The molecule has 1 unspecified atom stereocenters. The average molecular weight is 299 g/mol. The highest BCUT2D eigenvalue weighted by molar-refractivity contribution is 9.10. The summed E-state index contributed by atoms with van der Waals surface area (Å²) >= 11 is 3.58. The fourth-order valence-electron chi connectivity index (χ4n) is 2.36. The van der Waals surface area contributed by atoms with Gasteiger partial charge >= 0.3 is 0 Å². The molecule has 2 rings (SSSR count). The molecule has 1 saturated heterocycles. The van der Waals surface area contributed by atoms with Crippen molar-refractivity contribution in [3.63, 3.8) is 0 Å². The third-order valence-corrected chi connectivity index (χ3v) is 4.10. The summed E-state index contributed by atoms with van der Waals surface area (Å²) in [5.41, 5.74) is 7.70. The van der Waals surface area contributed by atoms with Crippen LogP contribution in [0.15, 0.2) is 22.7 Å². The standard InChI is InChI=1S/C13H19BrN2O/c1-13(17-2)6-3-7-16(9-13)12-5-4-10(15)8-11(12)14/h4-5,8H,3,6-7,9,15H2,1-2H3. The molecular formula is C13H19BrN2O. The minimum absolute atomic E-state index is 0.0426. The van der Waals surface area contributed by atoms with Gasteiger partial charge in [0, 0.05) is 30.4 Å². The van der Waals surface area contributed by atoms with Crippen LogP contribution in [0, 0.1) is 0 Å². The highest BCUT2D eigenvalue weighted by Gasteiger charge is 2.31. The first-order valence-corrected chi connectivity index (χ1v) is 6.68. The van der Waals surface area contributed by atoms with Crippen molar-refractivity contribution < 1.29 is 4.74 Å². The van der Waals surface area contributed by atoms with E-state index in [2.05, 4.69) is 33.8 Å². The SMILES string of the molecule is COC1(C)CCCN(c2ccc(N)cc2Br)C1. The van der Waals surface area contributed by atoms with Gasteiger partial charge < -0.3 is 15.4 Å². The minimum atomic E-state index is -0.0426. The first-order chi connectivity index (χ1) is 8.04. The number of benzene rings is 1. The van der Waals surface area contributed by atoms with Crippen LogP contribution in [0.3, 0.4) is 0 Å². The Labute approximate surface area is 111 Å². The van der Waals surface area contributed by atoms with E-state index < -0.39 is 0 Å². The molecular weight excluding hydrogens is 280 g/mol. The van der Waals surface area contributed by atoms with Gasteiger partial charge in [-0.2, -0.15) is 0 Å². The van der Waals surface area contributed by atoms with E-state index in [0.29, 0.717) is 0 Å². The summed E-state index contributed by atoms with van der Waals surface area (Å²) in [5, 5.41) is 0. The van der Waals surface area contributed by atoms with Crippen molar-refractivity contribution in [1.82, 2.24) is 0 Å². The van der Waals surface area contributed by atoms with Gasteiger partial charge in [0.1, 0.15) is 0 Å². The van der Waals surface area contributed by atoms with Crippen molar-refractivity contribution >= 4 is 27.3 Å². The number of halogens is 1. The first kappa shape index (κ1) is 12.7. The van der Waals surface area contributed by atoms with Crippen molar-refractivity contribution in [3.8, 4) is 0 Å². The number of rotatable bonds is 2. The molecule has 1 fully saturated rings. The lowest BCUT2D eigenvalue weighted by Gasteiger charge is -2.41. The van der Waals surface area contributed by atoms with Gasteiger partial charge in [-0.3, -0.25) is 0 Å². The molecule has 1 aromatic rings. The lowest BCUT2D eigenvalue weighted by molar-refractivity contribution is -0.00467. The van der Waals surface area contributed by atoms with Gasteiger partial charge in [0.2, 0.25) is 0 Å². The van der Waals surface area contributed by atoms with Gasteiger partial charge in [0.25, 0.3) is 0 Å². The normalized spacial score (nSPS) is 25.0. The monoisotopic (exact) mass is 298 g/mol. The van der Waals surface area contributed by atoms with Crippen LogP contribution in [-0.2, 0) is 4.74 Å². The van der Waals surface area contributed by atoms with Crippen molar-refractivity contribution in [2.45, 2.75) is 25.4 Å². The second-order valence-electron chi connectivity index (χ2n) is 4.89. The van der Waals surface area contributed by atoms with E-state index in [1.807, 2.05) is 12.1 Å². The molecule has 0 aromatic heterocycles. The second-order valence-corrected chi connectivity index (χ2v) is 5.74. The zero-order valence-electron chi connectivity index (χ0n) is 10.4. The molecule has 2 N–H and O–H groups in total. The smallest absolute Gasteiger partial charge is 0.0825 e. The number of hydrogen-bond donors (Lipinski definition) is 1. The minimum Gasteiger partial charge on any atom is -0.399 e. The molecule has 4 heteroatoms. The van der Waals surface area contributed by atoms with E-state index >= 15 is 0 Å². The molecule has 0 spiro atoms. The summed E-state index contributed by atoms with van der Waals surface area (Å²) in [6.45, 7) is 4.16. The van der Waals surface area contributed by atoms with Crippen LogP contribution >= 0.6 is 15.9 Å². The summed E-state index contributed by atoms with van der Waals surface area (Å²) in [5.74, 6) is 0. The number of nitrogen functional groups attached to an aromatic ring is 1. The number of hydrogen-bond acceptors (Lipinski definition) is 3. The Bertz CT molecular complexity index is 410. The largest absolute Gasteiger partial charge is 0.399 e. The highest BCUT2D eigenvalue weighted by atomic mass is 79.9. The predicted octanol–water partition coefficient (Wildman–Crippen LogP) is 3.04. The third-order valence-electron chi connectivity index (χ3n) is 3.46. The highest BCUT2D eigenvalue weighted by Crippen LogP contribution is 2.33. The van der Waals surface area contributed by atoms with Crippen LogP contribution in [0.5, 0.6) is 0 Å². The Morgan fingerprint density at radius 3 is 2.88 bits per heavy atom. The molecule has 17 heavy (non-hydrogen) atoms. The number of methoxy groups -OCH3 is 1. The molecule has 0 amide bonds. The Hall–Kier alpha value is -0.740. The van der Waals surface area contributed by atoms with Gasteiger partial charge in [0.15, 0.2) is 0 Å². The fourth-order valence-corrected chi connectivity index (χ4v) is 3.00. The lowest BCUT2D eigenvalue weighted by Crippen LogP contribution is -2.47. The summed E-state index contributed by atoms with van der Waals surface area (Å²) in [4.78, 5) is 2.36. The van der Waals surface area contributed by atoms with Crippen molar-refractivity contribution in [1.29, 1.82) is 0 Å². The first-order valence-electron chi connectivity index (χ1n) is 5.89. The Morgan fingerprint density at radius 2 is 2.24 bits per heavy atom. The Balaban J connectivity index is 2.22. The maximum Gasteiger partial charge on any atom is 0.0825 e. The molecule has 0 radical (unpaired) electrons. The molecule has 3 nitrogen and oxygen atoms in total. The molecule has 1 atom stereocenters. The van der Waals surface area contributed by atoms with Gasteiger partial charge in [-0.25, -0.2) is 0 Å². The molecule has 1 aliphatic rings. The van der Waals surface area contributed by atoms with Crippen LogP contribution in [-0.4, -0.2) is 25.8 Å². The van der Waals surface area contributed by atoms with E-state index in [4.69, 9.17) is 10.5 Å². The molecule has 1 aromatic carbocycles. The number of piperidine rings is 1. The molecule has 0 saturated carbocycles. The number of ether oxygens (including phenoxy) is 1. The summed E-state index contributed by atoms with van der Waals surface area (Å²) in [6, 6.07) is 5.97. The van der Waals surface area contributed by atoms with Crippen molar-refractivity contribution in [2.24, 2.45) is 0 Å². The zero-order valence-corrected chi connectivity index (χ0v) is 12.0. The molecule has 0 aliphatic carbocycles. The van der Waals surface area contributed by atoms with Crippen molar-refractivity contribution in [3.05, 3.63) is 22.7 Å².